The summed E-state index contributed by atoms with van der Waals surface area (Å²) in [6.07, 6.45) is 4.79. The van der Waals surface area contributed by atoms with Crippen molar-refractivity contribution in [3.8, 4) is 0 Å². The summed E-state index contributed by atoms with van der Waals surface area (Å²) in [7, 11) is 0. The van der Waals surface area contributed by atoms with Gasteiger partial charge in [-0.1, -0.05) is 25.0 Å². The Bertz CT molecular complexity index is 733. The number of esters is 1. The fourth-order valence-electron chi connectivity index (χ4n) is 3.69. The molecule has 0 bridgehead atoms. The van der Waals surface area contributed by atoms with Crippen LogP contribution in [0.5, 0.6) is 0 Å². The first kappa shape index (κ1) is 15.6. The number of fused-ring (bicyclic) bond motifs is 1. The molecule has 2 aromatic rings. The molecule has 24 heavy (non-hydrogen) atoms. The van der Waals surface area contributed by atoms with Crippen LogP contribution in [0.25, 0.3) is 10.2 Å². The summed E-state index contributed by atoms with van der Waals surface area (Å²) in [6, 6.07) is 8.21. The summed E-state index contributed by atoms with van der Waals surface area (Å²) in [5.74, 6) is -0.501. The smallest absolute Gasteiger partial charge is 0.311 e. The molecule has 1 aliphatic heterocycles. The van der Waals surface area contributed by atoms with Gasteiger partial charge < -0.3 is 9.64 Å². The van der Waals surface area contributed by atoms with Gasteiger partial charge >= 0.3 is 5.97 Å². The Balaban J connectivity index is 1.35. The molecule has 1 amide bonds. The normalized spacial score (nSPS) is 21.8. The van der Waals surface area contributed by atoms with E-state index in [0.29, 0.717) is 12.6 Å². The Morgan fingerprint density at radius 1 is 1.29 bits per heavy atom. The summed E-state index contributed by atoms with van der Waals surface area (Å²) >= 11 is 1.54. The first-order valence-electron chi connectivity index (χ1n) is 8.51. The van der Waals surface area contributed by atoms with E-state index in [0.717, 1.165) is 28.1 Å². The minimum Gasteiger partial charge on any atom is -0.458 e. The van der Waals surface area contributed by atoms with Crippen molar-refractivity contribution in [1.82, 2.24) is 9.88 Å². The SMILES string of the molecule is O=C(OCc1nc2ccccc2s1)[C@H]1CC(=O)N(C2CCCC2)C1. The zero-order valence-corrected chi connectivity index (χ0v) is 14.3. The van der Waals surface area contributed by atoms with Gasteiger partial charge in [0.1, 0.15) is 11.6 Å². The van der Waals surface area contributed by atoms with Gasteiger partial charge in [0.05, 0.1) is 16.1 Å². The molecule has 0 radical (unpaired) electrons. The number of carbonyl (C=O) groups excluding carboxylic acids is 2. The molecule has 0 N–H and O–H groups in total. The molecule has 5 nitrogen and oxygen atoms in total. The molecule has 2 fully saturated rings. The third-order valence-electron chi connectivity index (χ3n) is 4.93. The second kappa shape index (κ2) is 6.51. The highest BCUT2D eigenvalue weighted by Gasteiger charge is 2.39. The van der Waals surface area contributed by atoms with Gasteiger partial charge in [0.15, 0.2) is 0 Å². The Hall–Kier alpha value is -1.95. The number of rotatable bonds is 4. The molecule has 1 atom stereocenters. The van der Waals surface area contributed by atoms with Crippen molar-refractivity contribution in [1.29, 1.82) is 0 Å². The molecule has 1 saturated heterocycles. The molecule has 6 heteroatoms. The van der Waals surface area contributed by atoms with Crippen molar-refractivity contribution in [3.05, 3.63) is 29.3 Å². The van der Waals surface area contributed by atoms with Gasteiger partial charge in [0, 0.05) is 19.0 Å². The number of benzene rings is 1. The summed E-state index contributed by atoms with van der Waals surface area (Å²) in [4.78, 5) is 30.9. The van der Waals surface area contributed by atoms with Gasteiger partial charge in [-0.2, -0.15) is 0 Å². The Kier molecular flexibility index (Phi) is 4.22. The Morgan fingerprint density at radius 2 is 2.08 bits per heavy atom. The molecule has 0 spiro atoms. The number of hydrogen-bond donors (Lipinski definition) is 0. The zero-order valence-electron chi connectivity index (χ0n) is 13.4. The van der Waals surface area contributed by atoms with Crippen molar-refractivity contribution in [2.75, 3.05) is 6.54 Å². The van der Waals surface area contributed by atoms with Crippen LogP contribution in [0.15, 0.2) is 24.3 Å². The fourth-order valence-corrected chi connectivity index (χ4v) is 4.57. The minimum atomic E-state index is -0.326. The van der Waals surface area contributed by atoms with Crippen molar-refractivity contribution < 1.29 is 14.3 Å². The molecule has 2 heterocycles. The number of likely N-dealkylation sites (tertiary alicyclic amines) is 1. The second-order valence-electron chi connectivity index (χ2n) is 6.57. The minimum absolute atomic E-state index is 0.101. The van der Waals surface area contributed by atoms with E-state index in [1.807, 2.05) is 29.2 Å². The van der Waals surface area contributed by atoms with E-state index in [1.165, 1.54) is 24.2 Å². The maximum atomic E-state index is 12.3. The van der Waals surface area contributed by atoms with E-state index in [2.05, 4.69) is 4.98 Å². The average Bonchev–Trinajstić information content (AvgIpc) is 3.30. The van der Waals surface area contributed by atoms with Gasteiger partial charge in [0.2, 0.25) is 5.91 Å². The standard InChI is InChI=1S/C18H20N2O3S/c21-17-9-12(10-20(17)13-5-1-2-6-13)18(22)23-11-16-19-14-7-3-4-8-15(14)24-16/h3-4,7-8,12-13H,1-2,5-6,9-11H2/t12-/m0/s1. The average molecular weight is 344 g/mol. The third kappa shape index (κ3) is 3.02. The van der Waals surface area contributed by atoms with Crippen LogP contribution in [0.1, 0.15) is 37.1 Å². The lowest BCUT2D eigenvalue weighted by atomic mass is 10.1. The molecular formula is C18H20N2O3S. The first-order chi connectivity index (χ1) is 11.7. The van der Waals surface area contributed by atoms with Crippen LogP contribution in [-0.4, -0.2) is 34.3 Å². The lowest BCUT2D eigenvalue weighted by Crippen LogP contribution is -2.35. The van der Waals surface area contributed by atoms with Crippen molar-refractivity contribution in [2.45, 2.75) is 44.8 Å². The van der Waals surface area contributed by atoms with Crippen LogP contribution in [0, 0.1) is 5.92 Å². The summed E-state index contributed by atoms with van der Waals surface area (Å²) < 4.78 is 6.52. The highest BCUT2D eigenvalue weighted by atomic mass is 32.1. The first-order valence-corrected chi connectivity index (χ1v) is 9.33. The highest BCUT2D eigenvalue weighted by molar-refractivity contribution is 7.18. The number of amides is 1. The largest absolute Gasteiger partial charge is 0.458 e. The van der Waals surface area contributed by atoms with Crippen LogP contribution >= 0.6 is 11.3 Å². The number of para-hydroxylation sites is 1. The van der Waals surface area contributed by atoms with Gasteiger partial charge in [0.25, 0.3) is 0 Å². The van der Waals surface area contributed by atoms with Crippen LogP contribution in [0.3, 0.4) is 0 Å². The van der Waals surface area contributed by atoms with Crippen molar-refractivity contribution in [3.63, 3.8) is 0 Å². The zero-order chi connectivity index (χ0) is 16.5. The number of aromatic nitrogens is 1. The van der Waals surface area contributed by atoms with E-state index in [4.69, 9.17) is 4.74 Å². The summed E-state index contributed by atoms with van der Waals surface area (Å²) in [5.41, 5.74) is 0.928. The molecular weight excluding hydrogens is 324 g/mol. The molecule has 126 valence electrons. The fraction of sp³-hybridized carbons (Fsp3) is 0.500. The topological polar surface area (TPSA) is 59.5 Å². The van der Waals surface area contributed by atoms with Gasteiger partial charge in [-0.3, -0.25) is 9.59 Å². The molecule has 1 aliphatic carbocycles. The van der Waals surface area contributed by atoms with E-state index in [9.17, 15) is 9.59 Å². The predicted molar refractivity (Wildman–Crippen MR) is 91.5 cm³/mol. The van der Waals surface area contributed by atoms with Crippen LogP contribution in [0.4, 0.5) is 0 Å². The van der Waals surface area contributed by atoms with Gasteiger partial charge in [-0.05, 0) is 25.0 Å². The number of hydrogen-bond acceptors (Lipinski definition) is 5. The number of thiazole rings is 1. The van der Waals surface area contributed by atoms with Crippen molar-refractivity contribution in [2.24, 2.45) is 5.92 Å². The lowest BCUT2D eigenvalue weighted by Gasteiger charge is -2.23. The predicted octanol–water partition coefficient (Wildman–Crippen LogP) is 3.13. The van der Waals surface area contributed by atoms with Crippen LogP contribution < -0.4 is 0 Å². The molecule has 4 rings (SSSR count). The van der Waals surface area contributed by atoms with Crippen LogP contribution in [-0.2, 0) is 20.9 Å². The Labute approximate surface area is 144 Å². The second-order valence-corrected chi connectivity index (χ2v) is 7.68. The third-order valence-corrected chi connectivity index (χ3v) is 5.94. The van der Waals surface area contributed by atoms with E-state index in [-0.39, 0.29) is 30.8 Å². The molecule has 1 aromatic heterocycles. The Morgan fingerprint density at radius 3 is 2.88 bits per heavy atom. The number of nitrogens with zero attached hydrogens (tertiary/aromatic N) is 2. The molecule has 2 aliphatic rings. The molecule has 1 aromatic carbocycles. The molecule has 0 unspecified atom stereocenters. The van der Waals surface area contributed by atoms with E-state index >= 15 is 0 Å². The number of carbonyl (C=O) groups is 2. The lowest BCUT2D eigenvalue weighted by molar-refractivity contribution is -0.149. The summed E-state index contributed by atoms with van der Waals surface area (Å²) in [6.45, 7) is 0.703. The maximum absolute atomic E-state index is 12.3. The van der Waals surface area contributed by atoms with Gasteiger partial charge in [-0.15, -0.1) is 11.3 Å². The molecule has 1 saturated carbocycles. The monoisotopic (exact) mass is 344 g/mol. The van der Waals surface area contributed by atoms with E-state index < -0.39 is 0 Å². The van der Waals surface area contributed by atoms with Crippen molar-refractivity contribution >= 4 is 33.4 Å². The van der Waals surface area contributed by atoms with Crippen LogP contribution in [0.2, 0.25) is 0 Å². The summed E-state index contributed by atoms with van der Waals surface area (Å²) in [5, 5.41) is 0.793. The highest BCUT2D eigenvalue weighted by Crippen LogP contribution is 2.30. The maximum Gasteiger partial charge on any atom is 0.311 e. The van der Waals surface area contributed by atoms with Gasteiger partial charge in [-0.25, -0.2) is 4.98 Å². The van der Waals surface area contributed by atoms with E-state index in [1.54, 1.807) is 0 Å². The quantitative estimate of drug-likeness (QED) is 0.800. The number of ether oxygens (including phenoxy) is 1.